The van der Waals surface area contributed by atoms with Crippen LogP contribution in [-0.4, -0.2) is 17.5 Å². The first kappa shape index (κ1) is 10.8. The summed E-state index contributed by atoms with van der Waals surface area (Å²) >= 11 is 2.09. The lowest BCUT2D eigenvalue weighted by molar-refractivity contribution is 0.313. The zero-order chi connectivity index (χ0) is 9.80. The molecule has 1 aliphatic heterocycles. The molecule has 2 rings (SSSR count). The van der Waals surface area contributed by atoms with Crippen molar-refractivity contribution in [2.75, 3.05) is 11.5 Å². The van der Waals surface area contributed by atoms with Gasteiger partial charge in [-0.15, -0.1) is 0 Å². The highest BCUT2D eigenvalue weighted by Gasteiger charge is 2.27. The standard InChI is InChI=1S/C11H22N2S/c12-13-11(10-5-6-14-8-10)7-9-3-1-2-4-9/h9-11,13H,1-8,12H2. The lowest BCUT2D eigenvalue weighted by atomic mass is 9.90. The molecule has 82 valence electrons. The van der Waals surface area contributed by atoms with Crippen LogP contribution in [0.1, 0.15) is 38.5 Å². The molecular formula is C11H22N2S. The Bertz CT molecular complexity index is 163. The minimum Gasteiger partial charge on any atom is -0.271 e. The molecule has 0 aromatic heterocycles. The van der Waals surface area contributed by atoms with Crippen molar-refractivity contribution in [1.29, 1.82) is 0 Å². The monoisotopic (exact) mass is 214 g/mol. The number of hydrogen-bond acceptors (Lipinski definition) is 3. The second-order valence-electron chi connectivity index (χ2n) is 4.78. The molecule has 2 fully saturated rings. The molecule has 3 heteroatoms. The second-order valence-corrected chi connectivity index (χ2v) is 5.93. The van der Waals surface area contributed by atoms with Crippen LogP contribution in [0.3, 0.4) is 0 Å². The highest BCUT2D eigenvalue weighted by Crippen LogP contribution is 2.33. The van der Waals surface area contributed by atoms with Gasteiger partial charge in [0.05, 0.1) is 0 Å². The molecule has 0 spiro atoms. The maximum absolute atomic E-state index is 5.67. The summed E-state index contributed by atoms with van der Waals surface area (Å²) in [5.74, 6) is 10.1. The minimum atomic E-state index is 0.591. The third kappa shape index (κ3) is 2.65. The zero-order valence-electron chi connectivity index (χ0n) is 8.87. The van der Waals surface area contributed by atoms with Crippen molar-refractivity contribution in [1.82, 2.24) is 5.43 Å². The zero-order valence-corrected chi connectivity index (χ0v) is 9.69. The largest absolute Gasteiger partial charge is 0.271 e. The van der Waals surface area contributed by atoms with E-state index in [1.807, 2.05) is 0 Å². The highest BCUT2D eigenvalue weighted by atomic mass is 32.2. The van der Waals surface area contributed by atoms with Gasteiger partial charge in [0.2, 0.25) is 0 Å². The minimum absolute atomic E-state index is 0.591. The van der Waals surface area contributed by atoms with E-state index in [9.17, 15) is 0 Å². The Kier molecular flexibility index (Phi) is 4.14. The highest BCUT2D eigenvalue weighted by molar-refractivity contribution is 7.99. The molecule has 1 heterocycles. The van der Waals surface area contributed by atoms with Gasteiger partial charge < -0.3 is 0 Å². The molecule has 0 aromatic rings. The molecule has 0 radical (unpaired) electrons. The lowest BCUT2D eigenvalue weighted by Crippen LogP contribution is -2.42. The van der Waals surface area contributed by atoms with E-state index in [0.717, 1.165) is 11.8 Å². The van der Waals surface area contributed by atoms with Crippen LogP contribution in [0.15, 0.2) is 0 Å². The van der Waals surface area contributed by atoms with Gasteiger partial charge in [0, 0.05) is 6.04 Å². The number of nitrogens with two attached hydrogens (primary N) is 1. The number of nitrogens with one attached hydrogen (secondary N) is 1. The summed E-state index contributed by atoms with van der Waals surface area (Å²) in [7, 11) is 0. The molecule has 0 bridgehead atoms. The topological polar surface area (TPSA) is 38.0 Å². The molecule has 1 saturated heterocycles. The van der Waals surface area contributed by atoms with E-state index in [1.165, 1.54) is 50.0 Å². The molecule has 2 nitrogen and oxygen atoms in total. The van der Waals surface area contributed by atoms with E-state index < -0.39 is 0 Å². The van der Waals surface area contributed by atoms with Crippen LogP contribution in [-0.2, 0) is 0 Å². The molecule has 2 atom stereocenters. The van der Waals surface area contributed by atoms with Crippen LogP contribution in [0.2, 0.25) is 0 Å². The molecule has 2 aliphatic rings. The van der Waals surface area contributed by atoms with E-state index >= 15 is 0 Å². The molecule has 1 saturated carbocycles. The maximum atomic E-state index is 5.67. The first-order valence-corrected chi connectivity index (χ1v) is 7.09. The third-order valence-electron chi connectivity index (χ3n) is 3.81. The Hall–Kier alpha value is 0.270. The van der Waals surface area contributed by atoms with Gasteiger partial charge in [-0.3, -0.25) is 11.3 Å². The Morgan fingerprint density at radius 1 is 1.29 bits per heavy atom. The van der Waals surface area contributed by atoms with E-state index in [1.54, 1.807) is 0 Å². The van der Waals surface area contributed by atoms with Gasteiger partial charge in [0.15, 0.2) is 0 Å². The van der Waals surface area contributed by atoms with Crippen LogP contribution >= 0.6 is 11.8 Å². The smallest absolute Gasteiger partial charge is 0.0249 e. The predicted octanol–water partition coefficient (Wildman–Crippen LogP) is 2.15. The number of thioether (sulfide) groups is 1. The number of hydrogen-bond donors (Lipinski definition) is 2. The quantitative estimate of drug-likeness (QED) is 0.556. The predicted molar refractivity (Wildman–Crippen MR) is 63.1 cm³/mol. The fourth-order valence-corrected chi connectivity index (χ4v) is 4.21. The van der Waals surface area contributed by atoms with Crippen molar-refractivity contribution in [2.45, 2.75) is 44.6 Å². The molecule has 14 heavy (non-hydrogen) atoms. The van der Waals surface area contributed by atoms with Crippen molar-refractivity contribution in [3.05, 3.63) is 0 Å². The van der Waals surface area contributed by atoms with E-state index in [4.69, 9.17) is 5.84 Å². The van der Waals surface area contributed by atoms with E-state index in [2.05, 4.69) is 17.2 Å². The lowest BCUT2D eigenvalue weighted by Gasteiger charge is -2.24. The third-order valence-corrected chi connectivity index (χ3v) is 5.00. The maximum Gasteiger partial charge on any atom is 0.0249 e. The van der Waals surface area contributed by atoms with Crippen molar-refractivity contribution in [3.63, 3.8) is 0 Å². The summed E-state index contributed by atoms with van der Waals surface area (Å²) in [4.78, 5) is 0. The van der Waals surface area contributed by atoms with Crippen LogP contribution in [0, 0.1) is 11.8 Å². The Morgan fingerprint density at radius 3 is 2.64 bits per heavy atom. The fourth-order valence-electron chi connectivity index (χ4n) is 2.87. The molecule has 0 amide bonds. The van der Waals surface area contributed by atoms with Gasteiger partial charge in [-0.2, -0.15) is 11.8 Å². The average molecular weight is 214 g/mol. The molecule has 2 unspecified atom stereocenters. The molecular weight excluding hydrogens is 192 g/mol. The first-order valence-electron chi connectivity index (χ1n) is 5.94. The van der Waals surface area contributed by atoms with Crippen molar-refractivity contribution in [3.8, 4) is 0 Å². The van der Waals surface area contributed by atoms with Crippen LogP contribution in [0.5, 0.6) is 0 Å². The van der Waals surface area contributed by atoms with Gasteiger partial charge in [0.25, 0.3) is 0 Å². The van der Waals surface area contributed by atoms with Crippen molar-refractivity contribution in [2.24, 2.45) is 17.7 Å². The van der Waals surface area contributed by atoms with Gasteiger partial charge in [-0.05, 0) is 36.2 Å². The SMILES string of the molecule is NNC(CC1CCCC1)C1CCSC1. The molecule has 3 N–H and O–H groups in total. The van der Waals surface area contributed by atoms with Crippen LogP contribution < -0.4 is 11.3 Å². The molecule has 0 aromatic carbocycles. The summed E-state index contributed by atoms with van der Waals surface area (Å²) < 4.78 is 0. The van der Waals surface area contributed by atoms with Crippen LogP contribution in [0.4, 0.5) is 0 Å². The molecule has 1 aliphatic carbocycles. The van der Waals surface area contributed by atoms with E-state index in [0.29, 0.717) is 6.04 Å². The van der Waals surface area contributed by atoms with E-state index in [-0.39, 0.29) is 0 Å². The van der Waals surface area contributed by atoms with Gasteiger partial charge in [-0.1, -0.05) is 25.7 Å². The van der Waals surface area contributed by atoms with Gasteiger partial charge in [0.1, 0.15) is 0 Å². The van der Waals surface area contributed by atoms with Crippen LogP contribution in [0.25, 0.3) is 0 Å². The van der Waals surface area contributed by atoms with Gasteiger partial charge >= 0.3 is 0 Å². The Labute approximate surface area is 91.4 Å². The average Bonchev–Trinajstić information content (AvgIpc) is 2.86. The van der Waals surface area contributed by atoms with Crippen molar-refractivity contribution >= 4 is 11.8 Å². The second kappa shape index (κ2) is 5.38. The summed E-state index contributed by atoms with van der Waals surface area (Å²) in [6.45, 7) is 0. The van der Waals surface area contributed by atoms with Crippen molar-refractivity contribution < 1.29 is 0 Å². The Morgan fingerprint density at radius 2 is 2.07 bits per heavy atom. The Balaban J connectivity index is 1.79. The summed E-state index contributed by atoms with van der Waals surface area (Å²) in [5.41, 5.74) is 3.06. The number of rotatable bonds is 4. The normalized spacial score (nSPS) is 31.1. The number of hydrazine groups is 1. The summed E-state index contributed by atoms with van der Waals surface area (Å²) in [6, 6.07) is 0.591. The fraction of sp³-hybridized carbons (Fsp3) is 1.00. The first-order chi connectivity index (χ1) is 6.90. The summed E-state index contributed by atoms with van der Waals surface area (Å²) in [6.07, 6.45) is 8.47. The summed E-state index contributed by atoms with van der Waals surface area (Å²) in [5, 5.41) is 0. The van der Waals surface area contributed by atoms with Gasteiger partial charge in [-0.25, -0.2) is 0 Å².